The Kier molecular flexibility index (Phi) is 9.58. The molecule has 1 N–H and O–H groups in total. The zero-order valence-corrected chi connectivity index (χ0v) is 23.4. The number of nitrogens with zero attached hydrogens (tertiary/aromatic N) is 2. The van der Waals surface area contributed by atoms with E-state index in [-0.39, 0.29) is 17.4 Å². The Morgan fingerprint density at radius 1 is 1.00 bits per heavy atom. The number of nitrogens with one attached hydrogen (secondary N) is 1. The minimum atomic E-state index is -0.525. The molecule has 1 unspecified atom stereocenters. The summed E-state index contributed by atoms with van der Waals surface area (Å²) in [6, 6.07) is 18.7. The largest absolute Gasteiger partial charge is 0.462 e. The van der Waals surface area contributed by atoms with E-state index in [1.54, 1.807) is 12.1 Å². The highest BCUT2D eigenvalue weighted by Gasteiger charge is 2.31. The van der Waals surface area contributed by atoms with E-state index >= 15 is 0 Å². The van der Waals surface area contributed by atoms with E-state index in [0.29, 0.717) is 41.7 Å². The van der Waals surface area contributed by atoms with Crippen LogP contribution in [0.4, 0.5) is 0 Å². The van der Waals surface area contributed by atoms with Gasteiger partial charge in [0.2, 0.25) is 5.88 Å². The molecule has 4 aromatic rings. The molecule has 0 spiro atoms. The van der Waals surface area contributed by atoms with Gasteiger partial charge in [-0.15, -0.1) is 0 Å². The highest BCUT2D eigenvalue weighted by atomic mass is 16.5. The number of carbonyl (C=O) groups is 1. The Bertz CT molecular complexity index is 1420. The molecule has 0 aliphatic carbocycles. The van der Waals surface area contributed by atoms with Crippen LogP contribution in [0.2, 0.25) is 0 Å². The highest BCUT2D eigenvalue weighted by molar-refractivity contribution is 6.05. The topological polar surface area (TPSA) is 85.7 Å². The van der Waals surface area contributed by atoms with Crippen molar-refractivity contribution in [3.63, 3.8) is 0 Å². The summed E-state index contributed by atoms with van der Waals surface area (Å²) in [5, 5.41) is 0. The maximum atomic E-state index is 13.9. The van der Waals surface area contributed by atoms with Crippen LogP contribution in [0.5, 0.6) is 11.6 Å². The lowest BCUT2D eigenvalue weighted by Gasteiger charge is -2.15. The van der Waals surface area contributed by atoms with E-state index in [9.17, 15) is 9.59 Å². The van der Waals surface area contributed by atoms with Crippen molar-refractivity contribution in [1.82, 2.24) is 14.4 Å². The van der Waals surface area contributed by atoms with Crippen LogP contribution in [0.3, 0.4) is 0 Å². The second-order valence-corrected chi connectivity index (χ2v) is 10.4. The van der Waals surface area contributed by atoms with Crippen molar-refractivity contribution in [1.29, 1.82) is 0 Å². The molecule has 0 saturated heterocycles. The van der Waals surface area contributed by atoms with E-state index in [1.807, 2.05) is 48.5 Å². The molecule has 0 aliphatic rings. The number of unbranched alkanes of at least 4 members (excludes halogenated alkanes) is 1. The number of ether oxygens (including phenoxy) is 2. The lowest BCUT2D eigenvalue weighted by molar-refractivity contribution is 0.0426. The molecular weight excluding hydrogens is 490 g/mol. The molecule has 0 amide bonds. The molecule has 7 heteroatoms. The van der Waals surface area contributed by atoms with Crippen molar-refractivity contribution >= 4 is 11.6 Å². The molecule has 7 nitrogen and oxygen atoms in total. The lowest BCUT2D eigenvalue weighted by Crippen LogP contribution is -2.21. The van der Waals surface area contributed by atoms with Gasteiger partial charge in [0.1, 0.15) is 17.1 Å². The number of esters is 1. The Labute approximate surface area is 230 Å². The molecule has 2 aromatic heterocycles. The van der Waals surface area contributed by atoms with Gasteiger partial charge in [0, 0.05) is 12.0 Å². The first kappa shape index (κ1) is 28.1. The van der Waals surface area contributed by atoms with Crippen molar-refractivity contribution in [2.24, 2.45) is 11.8 Å². The molecule has 2 heterocycles. The average molecular weight is 530 g/mol. The average Bonchev–Trinajstić information content (AvgIpc) is 3.27. The van der Waals surface area contributed by atoms with Crippen LogP contribution < -0.4 is 10.4 Å². The summed E-state index contributed by atoms with van der Waals surface area (Å²) in [6.07, 6.45) is 5.59. The van der Waals surface area contributed by atoms with Gasteiger partial charge in [-0.2, -0.15) is 0 Å². The zero-order chi connectivity index (χ0) is 27.8. The van der Waals surface area contributed by atoms with Gasteiger partial charge in [-0.1, -0.05) is 95.5 Å². The fourth-order valence-corrected chi connectivity index (χ4v) is 4.64. The highest BCUT2D eigenvalue weighted by Crippen LogP contribution is 2.38. The van der Waals surface area contributed by atoms with Gasteiger partial charge in [-0.05, 0) is 42.4 Å². The first-order chi connectivity index (χ1) is 18.9. The monoisotopic (exact) mass is 529 g/mol. The molecule has 4 rings (SSSR count). The maximum absolute atomic E-state index is 13.9. The predicted molar refractivity (Wildman–Crippen MR) is 155 cm³/mol. The van der Waals surface area contributed by atoms with Gasteiger partial charge in [0.05, 0.1) is 6.61 Å². The summed E-state index contributed by atoms with van der Waals surface area (Å²) < 4.78 is 13.6. The number of carbonyl (C=O) groups excluding carboxylic acids is 1. The van der Waals surface area contributed by atoms with Gasteiger partial charge in [-0.3, -0.25) is 4.98 Å². The Morgan fingerprint density at radius 3 is 2.33 bits per heavy atom. The number of rotatable bonds is 13. The fourth-order valence-electron chi connectivity index (χ4n) is 4.64. The SMILES string of the molecule is CCCCC(CC)COC(=O)c1c(-c2ccccc2)c2nc(CCC(C)C)[nH]c(=O)n2c1Oc1ccccc1. The predicted octanol–water partition coefficient (Wildman–Crippen LogP) is 7.44. The molecule has 0 aliphatic heterocycles. The van der Waals surface area contributed by atoms with Crippen LogP contribution >= 0.6 is 0 Å². The van der Waals surface area contributed by atoms with E-state index in [1.165, 1.54) is 4.40 Å². The van der Waals surface area contributed by atoms with Crippen molar-refractivity contribution in [2.45, 2.75) is 66.2 Å². The zero-order valence-electron chi connectivity index (χ0n) is 23.4. The van der Waals surface area contributed by atoms with E-state index in [4.69, 9.17) is 14.5 Å². The third-order valence-electron chi connectivity index (χ3n) is 6.97. The molecule has 0 bridgehead atoms. The third-order valence-corrected chi connectivity index (χ3v) is 6.97. The van der Waals surface area contributed by atoms with E-state index in [0.717, 1.165) is 37.7 Å². The number of benzene rings is 2. The molecule has 1 atom stereocenters. The lowest BCUT2D eigenvalue weighted by atomic mass is 10.0. The van der Waals surface area contributed by atoms with E-state index < -0.39 is 11.7 Å². The second kappa shape index (κ2) is 13.3. The minimum Gasteiger partial charge on any atom is -0.462 e. The van der Waals surface area contributed by atoms with Crippen LogP contribution in [0.1, 0.15) is 76.0 Å². The number of aromatic amines is 1. The first-order valence-corrected chi connectivity index (χ1v) is 14.1. The van der Waals surface area contributed by atoms with Gasteiger partial charge >= 0.3 is 11.7 Å². The minimum absolute atomic E-state index is 0.103. The van der Waals surface area contributed by atoms with E-state index in [2.05, 4.69) is 32.7 Å². The Balaban J connectivity index is 1.90. The molecule has 39 heavy (non-hydrogen) atoms. The molecule has 0 fully saturated rings. The Morgan fingerprint density at radius 2 is 1.69 bits per heavy atom. The molecular formula is C32H39N3O4. The van der Waals surface area contributed by atoms with Crippen molar-refractivity contribution in [3.05, 3.63) is 82.5 Å². The number of aryl methyl sites for hydroxylation is 1. The van der Waals surface area contributed by atoms with Crippen molar-refractivity contribution in [2.75, 3.05) is 6.61 Å². The molecule has 2 aromatic carbocycles. The summed E-state index contributed by atoms with van der Waals surface area (Å²) >= 11 is 0. The van der Waals surface area contributed by atoms with Gasteiger partial charge in [0.15, 0.2) is 5.65 Å². The summed E-state index contributed by atoms with van der Waals surface area (Å²) in [5.41, 5.74) is 1.46. The van der Waals surface area contributed by atoms with Crippen LogP contribution in [0, 0.1) is 11.8 Å². The molecule has 0 radical (unpaired) electrons. The summed E-state index contributed by atoms with van der Waals surface area (Å²) in [5.74, 6) is 1.38. The quantitative estimate of drug-likeness (QED) is 0.182. The fraction of sp³-hybridized carbons (Fsp3) is 0.406. The second-order valence-electron chi connectivity index (χ2n) is 10.4. The van der Waals surface area contributed by atoms with Gasteiger partial charge in [-0.25, -0.2) is 19.0 Å². The van der Waals surface area contributed by atoms with Crippen molar-refractivity contribution < 1.29 is 14.3 Å². The van der Waals surface area contributed by atoms with Crippen molar-refractivity contribution in [3.8, 4) is 22.8 Å². The maximum Gasteiger partial charge on any atom is 0.344 e. The van der Waals surface area contributed by atoms with Crippen LogP contribution in [-0.4, -0.2) is 26.9 Å². The van der Waals surface area contributed by atoms with Crippen LogP contribution in [-0.2, 0) is 11.2 Å². The number of fused-ring (bicyclic) bond motifs is 1. The Hall–Kier alpha value is -3.87. The normalized spacial score (nSPS) is 12.1. The molecule has 206 valence electrons. The smallest absolute Gasteiger partial charge is 0.344 e. The standard InChI is InChI=1S/C32H39N3O4/c1-5-7-14-23(6-2)21-38-31(36)28-27(24-15-10-8-11-16-24)29-33-26(20-19-22(3)4)34-32(37)35(29)30(28)39-25-17-12-9-13-18-25/h8-13,15-18,22-23H,5-7,14,19-21H2,1-4H3,(H,33,34,37). The third kappa shape index (κ3) is 6.77. The summed E-state index contributed by atoms with van der Waals surface area (Å²) in [6.45, 7) is 8.84. The van der Waals surface area contributed by atoms with Gasteiger partial charge in [0.25, 0.3) is 0 Å². The number of aromatic nitrogens is 3. The summed E-state index contributed by atoms with van der Waals surface area (Å²) in [7, 11) is 0. The number of para-hydroxylation sites is 1. The van der Waals surface area contributed by atoms with Gasteiger partial charge < -0.3 is 9.47 Å². The first-order valence-electron chi connectivity index (χ1n) is 14.1. The molecule has 0 saturated carbocycles. The number of hydrogen-bond acceptors (Lipinski definition) is 5. The van der Waals surface area contributed by atoms with Crippen LogP contribution in [0.15, 0.2) is 65.5 Å². The summed E-state index contributed by atoms with van der Waals surface area (Å²) in [4.78, 5) is 35.2. The number of hydrogen-bond donors (Lipinski definition) is 1. The number of H-pyrrole nitrogens is 1. The van der Waals surface area contributed by atoms with Crippen LogP contribution in [0.25, 0.3) is 16.8 Å².